The highest BCUT2D eigenvalue weighted by Crippen LogP contribution is 2.20. The fourth-order valence-corrected chi connectivity index (χ4v) is 3.26. The molecule has 0 aliphatic rings. The lowest BCUT2D eigenvalue weighted by atomic mass is 10.2. The van der Waals surface area contributed by atoms with Crippen molar-refractivity contribution in [3.05, 3.63) is 70.0 Å². The van der Waals surface area contributed by atoms with Crippen LogP contribution < -0.4 is 0 Å². The second-order valence-electron chi connectivity index (χ2n) is 7.05. The van der Waals surface area contributed by atoms with Crippen molar-refractivity contribution in [1.82, 2.24) is 24.6 Å². The van der Waals surface area contributed by atoms with Gasteiger partial charge in [0.2, 0.25) is 5.91 Å². The van der Waals surface area contributed by atoms with Gasteiger partial charge in [0, 0.05) is 30.2 Å². The standard InChI is InChI=1S/C21H24ClN5OS/c1-25(2)12-13-26(14-16-6-4-3-5-7-16)19(28)15-27-20(23-24-21(27)29)17-8-10-18(22)11-9-17/h3-11H,12-15H2,1-2H3,(H,24,29). The van der Waals surface area contributed by atoms with Crippen LogP contribution in [0.1, 0.15) is 5.56 Å². The fourth-order valence-electron chi connectivity index (χ4n) is 2.94. The molecule has 0 radical (unpaired) electrons. The molecule has 0 atom stereocenters. The minimum absolute atomic E-state index is 0.0107. The van der Waals surface area contributed by atoms with E-state index in [1.807, 2.05) is 61.5 Å². The first-order valence-corrected chi connectivity index (χ1v) is 10.1. The SMILES string of the molecule is CN(C)CCN(Cc1ccccc1)C(=O)Cn1c(-c2ccc(Cl)cc2)n[nH]c1=S. The molecule has 0 aliphatic heterocycles. The van der Waals surface area contributed by atoms with E-state index < -0.39 is 0 Å². The Balaban J connectivity index is 1.82. The average Bonchev–Trinajstić information content (AvgIpc) is 3.06. The summed E-state index contributed by atoms with van der Waals surface area (Å²) in [4.78, 5) is 17.1. The topological polar surface area (TPSA) is 57.2 Å². The monoisotopic (exact) mass is 429 g/mol. The molecular weight excluding hydrogens is 406 g/mol. The van der Waals surface area contributed by atoms with Crippen LogP contribution in [0.3, 0.4) is 0 Å². The van der Waals surface area contributed by atoms with E-state index in [2.05, 4.69) is 15.1 Å². The van der Waals surface area contributed by atoms with Crippen molar-refractivity contribution in [3.63, 3.8) is 0 Å². The van der Waals surface area contributed by atoms with E-state index in [1.54, 1.807) is 16.7 Å². The van der Waals surface area contributed by atoms with Crippen molar-refractivity contribution in [3.8, 4) is 11.4 Å². The smallest absolute Gasteiger partial charge is 0.243 e. The Morgan fingerprint density at radius 2 is 1.79 bits per heavy atom. The van der Waals surface area contributed by atoms with Gasteiger partial charge < -0.3 is 9.80 Å². The van der Waals surface area contributed by atoms with E-state index in [0.717, 1.165) is 17.7 Å². The van der Waals surface area contributed by atoms with E-state index in [0.29, 0.717) is 28.7 Å². The number of amides is 1. The molecule has 0 unspecified atom stereocenters. The van der Waals surface area contributed by atoms with Gasteiger partial charge >= 0.3 is 0 Å². The van der Waals surface area contributed by atoms with Crippen LogP contribution in [0, 0.1) is 4.77 Å². The Labute approximate surface area is 180 Å². The number of carbonyl (C=O) groups is 1. The van der Waals surface area contributed by atoms with Gasteiger partial charge in [-0.15, -0.1) is 0 Å². The molecule has 0 saturated carbocycles. The maximum atomic E-state index is 13.2. The predicted octanol–water partition coefficient (Wildman–Crippen LogP) is 3.85. The highest BCUT2D eigenvalue weighted by molar-refractivity contribution is 7.71. The molecule has 0 spiro atoms. The molecule has 3 aromatic rings. The van der Waals surface area contributed by atoms with Gasteiger partial charge in [0.05, 0.1) is 0 Å². The molecule has 0 saturated heterocycles. The van der Waals surface area contributed by atoms with E-state index in [1.165, 1.54) is 0 Å². The minimum Gasteiger partial charge on any atom is -0.336 e. The van der Waals surface area contributed by atoms with Gasteiger partial charge in [-0.2, -0.15) is 5.10 Å². The van der Waals surface area contributed by atoms with Crippen LogP contribution in [-0.4, -0.2) is 57.7 Å². The molecule has 0 bridgehead atoms. The number of rotatable bonds is 8. The van der Waals surface area contributed by atoms with Gasteiger partial charge in [-0.1, -0.05) is 41.9 Å². The van der Waals surface area contributed by atoms with Gasteiger partial charge in [-0.25, -0.2) is 0 Å². The van der Waals surface area contributed by atoms with E-state index in [9.17, 15) is 4.79 Å². The number of benzene rings is 2. The quantitative estimate of drug-likeness (QED) is 0.552. The molecule has 1 heterocycles. The van der Waals surface area contributed by atoms with Gasteiger partial charge in [-0.05, 0) is 56.1 Å². The molecule has 29 heavy (non-hydrogen) atoms. The van der Waals surface area contributed by atoms with Crippen LogP contribution in [0.2, 0.25) is 5.02 Å². The Morgan fingerprint density at radius 3 is 2.45 bits per heavy atom. The highest BCUT2D eigenvalue weighted by Gasteiger charge is 2.18. The molecule has 1 N–H and O–H groups in total. The van der Waals surface area contributed by atoms with E-state index in [-0.39, 0.29) is 12.5 Å². The molecule has 1 aromatic heterocycles. The highest BCUT2D eigenvalue weighted by atomic mass is 35.5. The molecule has 152 valence electrons. The number of hydrogen-bond donors (Lipinski definition) is 1. The molecule has 6 nitrogen and oxygen atoms in total. The summed E-state index contributed by atoms with van der Waals surface area (Å²) in [6, 6.07) is 17.3. The third-order valence-electron chi connectivity index (χ3n) is 4.54. The maximum Gasteiger partial charge on any atom is 0.243 e. The normalized spacial score (nSPS) is 11.0. The second-order valence-corrected chi connectivity index (χ2v) is 7.87. The van der Waals surface area contributed by atoms with Crippen LogP contribution >= 0.6 is 23.8 Å². The van der Waals surface area contributed by atoms with Crippen molar-refractivity contribution >= 4 is 29.7 Å². The summed E-state index contributed by atoms with van der Waals surface area (Å²) in [6.07, 6.45) is 0. The van der Waals surface area contributed by atoms with Gasteiger partial charge in [0.15, 0.2) is 10.6 Å². The van der Waals surface area contributed by atoms with Crippen molar-refractivity contribution in [2.24, 2.45) is 0 Å². The summed E-state index contributed by atoms with van der Waals surface area (Å²) in [6.45, 7) is 2.07. The van der Waals surface area contributed by atoms with E-state index in [4.69, 9.17) is 23.8 Å². The number of hydrogen-bond acceptors (Lipinski definition) is 4. The van der Waals surface area contributed by atoms with Crippen molar-refractivity contribution in [2.75, 3.05) is 27.2 Å². The number of aromatic amines is 1. The van der Waals surface area contributed by atoms with Crippen LogP contribution in [0.4, 0.5) is 0 Å². The first kappa shape index (κ1) is 21.2. The summed E-state index contributed by atoms with van der Waals surface area (Å²) in [5, 5.41) is 7.75. The van der Waals surface area contributed by atoms with Crippen LogP contribution in [0.5, 0.6) is 0 Å². The minimum atomic E-state index is -0.0107. The number of H-pyrrole nitrogens is 1. The Morgan fingerprint density at radius 1 is 1.10 bits per heavy atom. The van der Waals surface area contributed by atoms with Crippen LogP contribution in [-0.2, 0) is 17.9 Å². The number of halogens is 1. The lowest BCUT2D eigenvalue weighted by molar-refractivity contribution is -0.132. The summed E-state index contributed by atoms with van der Waals surface area (Å²) in [5.41, 5.74) is 1.94. The first-order chi connectivity index (χ1) is 13.9. The Bertz CT molecular complexity index is 998. The van der Waals surface area contributed by atoms with Crippen molar-refractivity contribution in [1.29, 1.82) is 0 Å². The molecular formula is C21H24ClN5OS. The third kappa shape index (κ3) is 5.76. The largest absolute Gasteiger partial charge is 0.336 e. The predicted molar refractivity (Wildman–Crippen MR) is 118 cm³/mol. The number of nitrogens with one attached hydrogen (secondary N) is 1. The van der Waals surface area contributed by atoms with Crippen LogP contribution in [0.25, 0.3) is 11.4 Å². The maximum absolute atomic E-state index is 13.2. The number of aromatic nitrogens is 3. The summed E-state index contributed by atoms with van der Waals surface area (Å²) >= 11 is 11.4. The van der Waals surface area contributed by atoms with Crippen LogP contribution in [0.15, 0.2) is 54.6 Å². The van der Waals surface area contributed by atoms with Crippen molar-refractivity contribution in [2.45, 2.75) is 13.1 Å². The zero-order valence-electron chi connectivity index (χ0n) is 16.5. The van der Waals surface area contributed by atoms with Gasteiger partial charge in [0.25, 0.3) is 0 Å². The fraction of sp³-hybridized carbons (Fsp3) is 0.286. The first-order valence-electron chi connectivity index (χ1n) is 9.31. The lowest BCUT2D eigenvalue weighted by Crippen LogP contribution is -2.38. The molecule has 8 heteroatoms. The Kier molecular flexibility index (Phi) is 7.19. The summed E-state index contributed by atoms with van der Waals surface area (Å²) in [5.74, 6) is 0.607. The molecule has 3 rings (SSSR count). The zero-order valence-corrected chi connectivity index (χ0v) is 18.1. The van der Waals surface area contributed by atoms with Gasteiger partial charge in [-0.3, -0.25) is 14.5 Å². The third-order valence-corrected chi connectivity index (χ3v) is 5.10. The number of likely N-dealkylation sites (N-methyl/N-ethyl adjacent to an activating group) is 1. The molecule has 2 aromatic carbocycles. The number of nitrogens with zero attached hydrogens (tertiary/aromatic N) is 4. The zero-order chi connectivity index (χ0) is 20.8. The summed E-state index contributed by atoms with van der Waals surface area (Å²) < 4.78 is 2.14. The van der Waals surface area contributed by atoms with E-state index >= 15 is 0 Å². The average molecular weight is 430 g/mol. The summed E-state index contributed by atoms with van der Waals surface area (Å²) in [7, 11) is 3.99. The molecule has 0 aliphatic carbocycles. The van der Waals surface area contributed by atoms with Crippen molar-refractivity contribution < 1.29 is 4.79 Å². The Hall–Kier alpha value is -2.48. The van der Waals surface area contributed by atoms with Gasteiger partial charge in [0.1, 0.15) is 6.54 Å². The molecule has 0 fully saturated rings. The number of carbonyl (C=O) groups excluding carboxylic acids is 1. The molecule has 1 amide bonds. The second kappa shape index (κ2) is 9.82. The lowest BCUT2D eigenvalue weighted by Gasteiger charge is -2.25.